The van der Waals surface area contributed by atoms with Crippen LogP contribution in [0, 0.1) is 0 Å². The Morgan fingerprint density at radius 1 is 1.13 bits per heavy atom. The first kappa shape index (κ1) is 19.0. The molecule has 0 radical (unpaired) electrons. The number of rotatable bonds is 3. The van der Waals surface area contributed by atoms with E-state index in [1.54, 1.807) is 33.8 Å². The van der Waals surface area contributed by atoms with E-state index in [2.05, 4.69) is 20.0 Å². The van der Waals surface area contributed by atoms with Crippen molar-refractivity contribution in [2.24, 2.45) is 0 Å². The van der Waals surface area contributed by atoms with Crippen molar-refractivity contribution >= 4 is 33.7 Å². The normalized spacial score (nSPS) is 16.2. The first-order valence-corrected chi connectivity index (χ1v) is 9.90. The summed E-state index contributed by atoms with van der Waals surface area (Å²) < 4.78 is 6.26. The zero-order chi connectivity index (χ0) is 21.5. The highest BCUT2D eigenvalue weighted by Crippen LogP contribution is 2.25. The van der Waals surface area contributed by atoms with Crippen LogP contribution < -0.4 is 5.43 Å². The van der Waals surface area contributed by atoms with Crippen LogP contribution in [-0.2, 0) is 4.74 Å². The molecule has 0 bridgehead atoms. The Kier molecular flexibility index (Phi) is 4.50. The Bertz CT molecular complexity index is 1390. The zero-order valence-electron chi connectivity index (χ0n) is 16.7. The van der Waals surface area contributed by atoms with Gasteiger partial charge in [0, 0.05) is 29.4 Å². The van der Waals surface area contributed by atoms with Gasteiger partial charge in [0.2, 0.25) is 0 Å². The molecule has 9 heteroatoms. The molecule has 5 rings (SSSR count). The van der Waals surface area contributed by atoms with E-state index >= 15 is 0 Å². The van der Waals surface area contributed by atoms with Gasteiger partial charge < -0.3 is 14.6 Å². The lowest BCUT2D eigenvalue weighted by molar-refractivity contribution is 0.0593. The molecule has 1 atom stereocenters. The number of fused-ring (bicyclic) bond motifs is 2. The van der Waals surface area contributed by atoms with Crippen LogP contribution in [0.4, 0.5) is 0 Å². The first-order valence-electron chi connectivity index (χ1n) is 9.90. The van der Waals surface area contributed by atoms with Crippen molar-refractivity contribution in [2.45, 2.75) is 12.5 Å². The van der Waals surface area contributed by atoms with Crippen LogP contribution in [-0.4, -0.2) is 57.0 Å². The lowest BCUT2D eigenvalue weighted by atomic mass is 10.1. The second-order valence-corrected chi connectivity index (χ2v) is 7.50. The molecule has 4 aromatic rings. The molecule has 1 amide bonds. The summed E-state index contributed by atoms with van der Waals surface area (Å²) in [5, 5.41) is 8.92. The lowest BCUT2D eigenvalue weighted by Gasteiger charge is -2.18. The number of amides is 1. The number of aromatic nitrogens is 4. The van der Waals surface area contributed by atoms with Gasteiger partial charge in [-0.1, -0.05) is 23.4 Å². The summed E-state index contributed by atoms with van der Waals surface area (Å²) in [6.45, 7) is 0.960. The maximum atomic E-state index is 13.3. The van der Waals surface area contributed by atoms with Crippen molar-refractivity contribution in [3.05, 3.63) is 70.1 Å². The fourth-order valence-electron chi connectivity index (χ4n) is 4.09. The number of carbonyl (C=O) groups is 2. The summed E-state index contributed by atoms with van der Waals surface area (Å²) in [7, 11) is 1.29. The molecule has 0 spiro atoms. The highest BCUT2D eigenvalue weighted by molar-refractivity contribution is 6.07. The van der Waals surface area contributed by atoms with Gasteiger partial charge in [0.05, 0.1) is 30.4 Å². The molecule has 1 aliphatic rings. The highest BCUT2D eigenvalue weighted by Gasteiger charge is 2.30. The summed E-state index contributed by atoms with van der Waals surface area (Å²) in [5.74, 6) is -0.712. The molecule has 1 N–H and O–H groups in total. The first-order chi connectivity index (χ1) is 15.1. The molecule has 1 saturated heterocycles. The third-order valence-corrected chi connectivity index (χ3v) is 5.70. The van der Waals surface area contributed by atoms with E-state index in [1.165, 1.54) is 13.3 Å². The summed E-state index contributed by atoms with van der Waals surface area (Å²) in [6, 6.07) is 12.4. The zero-order valence-corrected chi connectivity index (χ0v) is 16.7. The number of hydrogen-bond donors (Lipinski definition) is 1. The Labute approximate surface area is 176 Å². The van der Waals surface area contributed by atoms with Crippen molar-refractivity contribution < 1.29 is 14.3 Å². The fourth-order valence-corrected chi connectivity index (χ4v) is 4.09. The third-order valence-electron chi connectivity index (χ3n) is 5.70. The molecule has 1 unspecified atom stereocenters. The second kappa shape index (κ2) is 7.35. The summed E-state index contributed by atoms with van der Waals surface area (Å²) in [6.07, 6.45) is 2.21. The number of esters is 1. The number of carbonyl (C=O) groups excluding carboxylic acids is 2. The number of methoxy groups -OCH3 is 1. The number of nitrogens with one attached hydrogen (secondary N) is 1. The van der Waals surface area contributed by atoms with Crippen molar-refractivity contribution in [2.75, 3.05) is 20.2 Å². The molecule has 2 aromatic heterocycles. The lowest BCUT2D eigenvalue weighted by Crippen LogP contribution is -2.29. The van der Waals surface area contributed by atoms with Gasteiger partial charge in [-0.2, -0.15) is 0 Å². The highest BCUT2D eigenvalue weighted by atomic mass is 16.5. The number of para-hydroxylation sites is 2. The summed E-state index contributed by atoms with van der Waals surface area (Å²) >= 11 is 0. The van der Waals surface area contributed by atoms with Gasteiger partial charge >= 0.3 is 5.97 Å². The average Bonchev–Trinajstić information content (AvgIpc) is 3.48. The Morgan fingerprint density at radius 3 is 2.77 bits per heavy atom. The van der Waals surface area contributed by atoms with Gasteiger partial charge in [-0.15, -0.1) is 5.10 Å². The average molecular weight is 417 g/mol. The van der Waals surface area contributed by atoms with Crippen molar-refractivity contribution in [3.8, 4) is 0 Å². The predicted octanol–water partition coefficient (Wildman–Crippen LogP) is 2.15. The van der Waals surface area contributed by atoms with Gasteiger partial charge in [0.25, 0.3) is 5.91 Å². The molecule has 1 aliphatic heterocycles. The van der Waals surface area contributed by atoms with Crippen LogP contribution in [0.5, 0.6) is 0 Å². The second-order valence-electron chi connectivity index (χ2n) is 7.50. The molecule has 0 aliphatic carbocycles. The van der Waals surface area contributed by atoms with Crippen molar-refractivity contribution in [3.63, 3.8) is 0 Å². The quantitative estimate of drug-likeness (QED) is 0.404. The van der Waals surface area contributed by atoms with Crippen molar-refractivity contribution in [1.29, 1.82) is 0 Å². The number of likely N-dealkylation sites (tertiary alicyclic amines) is 1. The minimum absolute atomic E-state index is 0.0929. The molecular formula is C22H19N5O4. The van der Waals surface area contributed by atoms with Crippen LogP contribution in [0.1, 0.15) is 33.3 Å². The maximum Gasteiger partial charge on any atom is 0.360 e. The van der Waals surface area contributed by atoms with Crippen molar-refractivity contribution in [1.82, 2.24) is 24.9 Å². The minimum Gasteiger partial charge on any atom is -0.464 e. The molecule has 156 valence electrons. The van der Waals surface area contributed by atoms with E-state index in [0.717, 1.165) is 0 Å². The van der Waals surface area contributed by atoms with Crippen LogP contribution in [0.25, 0.3) is 21.8 Å². The standard InChI is InChI=1S/C22H19N5O4/c1-31-22(30)18-12-27(25-24-18)13-9-10-26(11-13)21(29)16-7-4-6-15-19(16)23-17-8-3-2-5-14(17)20(15)28/h2-8,12-13H,9-11H2,1H3,(H,23,28). The number of benzene rings is 2. The molecule has 0 saturated carbocycles. The van der Waals surface area contributed by atoms with Gasteiger partial charge in [-0.3, -0.25) is 9.59 Å². The van der Waals surface area contributed by atoms with E-state index in [9.17, 15) is 14.4 Å². The van der Waals surface area contributed by atoms with E-state index in [-0.39, 0.29) is 23.1 Å². The molecule has 31 heavy (non-hydrogen) atoms. The summed E-state index contributed by atoms with van der Waals surface area (Å²) in [5.41, 5.74) is 1.71. The monoisotopic (exact) mass is 417 g/mol. The van der Waals surface area contributed by atoms with Crippen LogP contribution >= 0.6 is 0 Å². The van der Waals surface area contributed by atoms with Crippen LogP contribution in [0.15, 0.2) is 53.5 Å². The van der Waals surface area contributed by atoms with Gasteiger partial charge in [-0.05, 0) is 30.7 Å². The third kappa shape index (κ3) is 3.14. The van der Waals surface area contributed by atoms with E-state index < -0.39 is 5.97 Å². The number of hydrogen-bond acceptors (Lipinski definition) is 6. The van der Waals surface area contributed by atoms with Gasteiger partial charge in [0.15, 0.2) is 11.1 Å². The van der Waals surface area contributed by atoms with Crippen LogP contribution in [0.2, 0.25) is 0 Å². The predicted molar refractivity (Wildman–Crippen MR) is 113 cm³/mol. The number of nitrogens with zero attached hydrogens (tertiary/aromatic N) is 4. The number of H-pyrrole nitrogens is 1. The van der Waals surface area contributed by atoms with E-state index in [4.69, 9.17) is 0 Å². The molecule has 9 nitrogen and oxygen atoms in total. The smallest absolute Gasteiger partial charge is 0.360 e. The number of aromatic amines is 1. The number of pyridine rings is 1. The molecule has 2 aromatic carbocycles. The van der Waals surface area contributed by atoms with Gasteiger partial charge in [-0.25, -0.2) is 9.48 Å². The fraction of sp³-hybridized carbons (Fsp3) is 0.227. The minimum atomic E-state index is -0.552. The number of ether oxygens (including phenoxy) is 1. The van der Waals surface area contributed by atoms with E-state index in [0.29, 0.717) is 46.9 Å². The SMILES string of the molecule is COC(=O)c1cn(C2CCN(C(=O)c3cccc4c(=O)c5ccccc5[nH]c34)C2)nn1. The molecule has 1 fully saturated rings. The Morgan fingerprint density at radius 2 is 1.94 bits per heavy atom. The Hall–Kier alpha value is -4.01. The Balaban J connectivity index is 1.46. The van der Waals surface area contributed by atoms with E-state index in [1.807, 2.05) is 18.2 Å². The summed E-state index contributed by atoms with van der Waals surface area (Å²) in [4.78, 5) is 42.8. The largest absolute Gasteiger partial charge is 0.464 e. The molecule has 3 heterocycles. The topological polar surface area (TPSA) is 110 Å². The van der Waals surface area contributed by atoms with Gasteiger partial charge in [0.1, 0.15) is 0 Å². The maximum absolute atomic E-state index is 13.3. The van der Waals surface area contributed by atoms with Crippen LogP contribution in [0.3, 0.4) is 0 Å². The molecular weight excluding hydrogens is 398 g/mol.